The van der Waals surface area contributed by atoms with Crippen molar-refractivity contribution in [2.75, 3.05) is 0 Å². The summed E-state index contributed by atoms with van der Waals surface area (Å²) in [5.74, 6) is 0. The summed E-state index contributed by atoms with van der Waals surface area (Å²) in [6.07, 6.45) is -4.52. The standard InChI is InChI=1S/C18H20F3N4O5PS/c1-4-17(5-2,23-31(28,29)30)15-11-8-10(6-7-12(11)32-22-15)25-14(26)9-13(18(19,20)21)24(3)16(25)27/h6-9H,4-5H2,1-3H3,(H3,23,28,29,30)/p-2. The Morgan fingerprint density at radius 3 is 2.31 bits per heavy atom. The van der Waals surface area contributed by atoms with Gasteiger partial charge < -0.3 is 14.4 Å². The molecule has 1 aromatic carbocycles. The fourth-order valence-electron chi connectivity index (χ4n) is 3.60. The lowest BCUT2D eigenvalue weighted by Crippen LogP contribution is -2.45. The van der Waals surface area contributed by atoms with Crippen LogP contribution in [0.4, 0.5) is 13.2 Å². The Morgan fingerprint density at radius 1 is 1.16 bits per heavy atom. The van der Waals surface area contributed by atoms with E-state index in [1.807, 2.05) is 0 Å². The molecule has 0 saturated carbocycles. The maximum Gasteiger partial charge on any atom is 0.431 e. The van der Waals surface area contributed by atoms with E-state index in [1.54, 1.807) is 13.8 Å². The van der Waals surface area contributed by atoms with Gasteiger partial charge in [-0.3, -0.25) is 14.4 Å². The Hall–Kier alpha value is -2.31. The zero-order valence-electron chi connectivity index (χ0n) is 17.1. The van der Waals surface area contributed by atoms with E-state index in [0.717, 1.165) is 18.6 Å². The van der Waals surface area contributed by atoms with Gasteiger partial charge in [-0.15, -0.1) is 0 Å². The molecule has 0 bridgehead atoms. The molecule has 0 saturated heterocycles. The number of halogens is 3. The van der Waals surface area contributed by atoms with Crippen molar-refractivity contribution in [3.05, 3.63) is 56.5 Å². The van der Waals surface area contributed by atoms with E-state index in [9.17, 15) is 37.1 Å². The van der Waals surface area contributed by atoms with Crippen molar-refractivity contribution in [3.8, 4) is 5.69 Å². The van der Waals surface area contributed by atoms with Gasteiger partial charge in [-0.05, 0) is 50.3 Å². The number of hydrogen-bond acceptors (Lipinski definition) is 7. The predicted molar refractivity (Wildman–Crippen MR) is 108 cm³/mol. The minimum absolute atomic E-state index is 0.0215. The van der Waals surface area contributed by atoms with E-state index in [1.165, 1.54) is 18.2 Å². The molecule has 174 valence electrons. The molecular weight excluding hydrogens is 472 g/mol. The van der Waals surface area contributed by atoms with Crippen molar-refractivity contribution in [3.63, 3.8) is 0 Å². The van der Waals surface area contributed by atoms with Crippen LogP contribution in [0, 0.1) is 0 Å². The summed E-state index contributed by atoms with van der Waals surface area (Å²) in [4.78, 5) is 48.0. The molecule has 0 atom stereocenters. The number of rotatable bonds is 6. The lowest BCUT2D eigenvalue weighted by molar-refractivity contribution is -0.320. The highest BCUT2D eigenvalue weighted by atomic mass is 32.1. The van der Waals surface area contributed by atoms with Crippen LogP contribution in [0.1, 0.15) is 38.1 Å². The van der Waals surface area contributed by atoms with Gasteiger partial charge in [0.15, 0.2) is 0 Å². The molecule has 9 nitrogen and oxygen atoms in total. The largest absolute Gasteiger partial charge is 0.799 e. The third-order valence-electron chi connectivity index (χ3n) is 5.33. The molecule has 0 aliphatic rings. The molecule has 0 fully saturated rings. The monoisotopic (exact) mass is 490 g/mol. The van der Waals surface area contributed by atoms with Crippen molar-refractivity contribution in [2.45, 2.75) is 38.4 Å². The number of aromatic nitrogens is 3. The summed E-state index contributed by atoms with van der Waals surface area (Å²) in [6, 6.07) is 4.58. The molecule has 0 unspecified atom stereocenters. The quantitative estimate of drug-likeness (QED) is 0.519. The summed E-state index contributed by atoms with van der Waals surface area (Å²) in [5.41, 5.74) is -4.88. The minimum atomic E-state index is -5.15. The Morgan fingerprint density at radius 2 is 1.78 bits per heavy atom. The Labute approximate surface area is 183 Å². The second-order valence-electron chi connectivity index (χ2n) is 7.15. The zero-order chi connectivity index (χ0) is 24.1. The smallest absolute Gasteiger partial charge is 0.431 e. The molecule has 0 aliphatic heterocycles. The van der Waals surface area contributed by atoms with Gasteiger partial charge in [0.25, 0.3) is 5.56 Å². The fourth-order valence-corrected chi connectivity index (χ4v) is 5.40. The molecule has 0 radical (unpaired) electrons. The van der Waals surface area contributed by atoms with Crippen LogP contribution in [0.3, 0.4) is 0 Å². The van der Waals surface area contributed by atoms with Crippen LogP contribution >= 0.6 is 19.3 Å². The predicted octanol–water partition coefficient (Wildman–Crippen LogP) is 1.60. The number of nitrogens with zero attached hydrogens (tertiary/aromatic N) is 3. The Bertz CT molecular complexity index is 1340. The fraction of sp³-hybridized carbons (Fsp3) is 0.389. The van der Waals surface area contributed by atoms with Crippen LogP contribution in [-0.4, -0.2) is 13.5 Å². The van der Waals surface area contributed by atoms with Gasteiger partial charge in [-0.2, -0.15) is 17.5 Å². The zero-order valence-corrected chi connectivity index (χ0v) is 18.8. The van der Waals surface area contributed by atoms with Crippen molar-refractivity contribution in [2.24, 2.45) is 7.05 Å². The first kappa shape index (κ1) is 24.3. The van der Waals surface area contributed by atoms with Crippen molar-refractivity contribution < 1.29 is 27.5 Å². The van der Waals surface area contributed by atoms with E-state index >= 15 is 0 Å². The summed E-state index contributed by atoms with van der Waals surface area (Å²) < 4.78 is 56.6. The van der Waals surface area contributed by atoms with Crippen molar-refractivity contribution >= 4 is 29.4 Å². The van der Waals surface area contributed by atoms with Crippen LogP contribution < -0.4 is 26.1 Å². The van der Waals surface area contributed by atoms with E-state index in [4.69, 9.17) is 0 Å². The third kappa shape index (κ3) is 4.30. The van der Waals surface area contributed by atoms with E-state index < -0.39 is 36.4 Å². The molecule has 14 heteroatoms. The molecule has 3 rings (SSSR count). The lowest BCUT2D eigenvalue weighted by Gasteiger charge is -2.42. The normalized spacial score (nSPS) is 13.1. The van der Waals surface area contributed by atoms with Crippen LogP contribution in [0.5, 0.6) is 0 Å². The van der Waals surface area contributed by atoms with E-state index in [0.29, 0.717) is 25.3 Å². The number of alkyl halides is 3. The second kappa shape index (κ2) is 8.23. The van der Waals surface area contributed by atoms with Gasteiger partial charge >= 0.3 is 11.9 Å². The number of nitrogens with one attached hydrogen (secondary N) is 1. The van der Waals surface area contributed by atoms with Crippen molar-refractivity contribution in [1.82, 2.24) is 18.6 Å². The topological polar surface area (TPSA) is 132 Å². The lowest BCUT2D eigenvalue weighted by atomic mass is 9.88. The highest BCUT2D eigenvalue weighted by molar-refractivity contribution is 7.46. The summed E-state index contributed by atoms with van der Waals surface area (Å²) in [6.45, 7) is 3.33. The highest BCUT2D eigenvalue weighted by Crippen LogP contribution is 2.40. The molecule has 1 N–H and O–H groups in total. The van der Waals surface area contributed by atoms with Crippen LogP contribution in [0.25, 0.3) is 15.8 Å². The van der Waals surface area contributed by atoms with E-state index in [2.05, 4.69) is 9.46 Å². The van der Waals surface area contributed by atoms with Gasteiger partial charge in [-0.1, -0.05) is 13.8 Å². The maximum atomic E-state index is 13.1. The van der Waals surface area contributed by atoms with Crippen LogP contribution in [0.15, 0.2) is 33.9 Å². The van der Waals surface area contributed by atoms with Gasteiger partial charge in [0.1, 0.15) is 5.69 Å². The molecule has 2 aromatic heterocycles. The Kier molecular flexibility index (Phi) is 6.26. The summed E-state index contributed by atoms with van der Waals surface area (Å²) in [5, 5.41) is 2.47. The first-order valence-electron chi connectivity index (χ1n) is 9.36. The van der Waals surface area contributed by atoms with Gasteiger partial charge in [0.2, 0.25) is 0 Å². The molecule has 3 aromatic rings. The SMILES string of the molecule is CCC(CC)(NP(=O)([O-])[O-])c1nsc2ccc(-n3c(=O)cc(C(F)(F)F)n(C)c3=O)cc12. The molecule has 2 heterocycles. The average molecular weight is 490 g/mol. The van der Waals surface area contributed by atoms with Gasteiger partial charge in [0, 0.05) is 18.5 Å². The van der Waals surface area contributed by atoms with Gasteiger partial charge in [0.05, 0.1) is 21.6 Å². The molecule has 0 amide bonds. The number of hydrogen-bond donors (Lipinski definition) is 1. The second-order valence-corrected chi connectivity index (χ2v) is 9.18. The maximum absolute atomic E-state index is 13.1. The average Bonchev–Trinajstić information content (AvgIpc) is 3.11. The minimum Gasteiger partial charge on any atom is -0.799 e. The first-order chi connectivity index (χ1) is 14.7. The molecular formula is C18H18F3N4O5PS-2. The van der Waals surface area contributed by atoms with Gasteiger partial charge in [-0.25, -0.2) is 9.36 Å². The van der Waals surface area contributed by atoms with Crippen molar-refractivity contribution in [1.29, 1.82) is 0 Å². The van der Waals surface area contributed by atoms with E-state index in [-0.39, 0.29) is 24.2 Å². The number of benzene rings is 1. The number of fused-ring (bicyclic) bond motifs is 1. The summed E-state index contributed by atoms with van der Waals surface area (Å²) >= 11 is 1.02. The van der Waals surface area contributed by atoms with Crippen LogP contribution in [-0.2, 0) is 23.3 Å². The first-order valence-corrected chi connectivity index (χ1v) is 11.7. The third-order valence-corrected chi connectivity index (χ3v) is 6.86. The molecule has 0 aliphatic carbocycles. The molecule has 0 spiro atoms. The van der Waals surface area contributed by atoms with Crippen LogP contribution in [0.2, 0.25) is 0 Å². The highest BCUT2D eigenvalue weighted by Gasteiger charge is 2.36. The molecule has 32 heavy (non-hydrogen) atoms. The summed E-state index contributed by atoms with van der Waals surface area (Å²) in [7, 11) is -4.25. The Balaban J connectivity index is 2.27.